The van der Waals surface area contributed by atoms with Crippen molar-refractivity contribution in [2.75, 3.05) is 10.7 Å². The Balaban J connectivity index is 2.25. The van der Waals surface area contributed by atoms with Gasteiger partial charge < -0.3 is 10.7 Å². The van der Waals surface area contributed by atoms with Gasteiger partial charge in [0.2, 0.25) is 0 Å². The van der Waals surface area contributed by atoms with Gasteiger partial charge in [-0.25, -0.2) is 10.8 Å². The Bertz CT molecular complexity index is 534. The molecule has 2 aromatic rings. The SMILES string of the molecule is NNc1cncc(Nc2ccc(Cl)cc2I)n1. The fraction of sp³-hybridized carbons (Fsp3) is 0. The normalized spacial score (nSPS) is 10.1. The minimum Gasteiger partial charge on any atom is -0.338 e. The number of hydrogen-bond acceptors (Lipinski definition) is 5. The fourth-order valence-electron chi connectivity index (χ4n) is 1.22. The van der Waals surface area contributed by atoms with E-state index in [1.165, 1.54) is 6.20 Å². The molecule has 0 spiro atoms. The smallest absolute Gasteiger partial charge is 0.160 e. The standard InChI is InChI=1S/C10H9ClIN5/c11-6-1-2-8(7(12)3-6)15-9-4-14-5-10(16-9)17-13/h1-5H,13H2,(H2,15,16,17). The molecule has 0 amide bonds. The van der Waals surface area contributed by atoms with E-state index < -0.39 is 0 Å². The van der Waals surface area contributed by atoms with Crippen LogP contribution < -0.4 is 16.6 Å². The summed E-state index contributed by atoms with van der Waals surface area (Å²) in [6, 6.07) is 5.56. The van der Waals surface area contributed by atoms with Gasteiger partial charge in [-0.15, -0.1) is 0 Å². The first-order valence-corrected chi connectivity index (χ1v) is 6.15. The third-order valence-corrected chi connectivity index (χ3v) is 3.10. The number of nitrogens with zero attached hydrogens (tertiary/aromatic N) is 2. The van der Waals surface area contributed by atoms with Crippen molar-refractivity contribution in [3.63, 3.8) is 0 Å². The van der Waals surface area contributed by atoms with Gasteiger partial charge in [0.25, 0.3) is 0 Å². The van der Waals surface area contributed by atoms with Crippen molar-refractivity contribution >= 4 is 51.5 Å². The van der Waals surface area contributed by atoms with Gasteiger partial charge in [-0.1, -0.05) is 11.6 Å². The summed E-state index contributed by atoms with van der Waals surface area (Å²) < 4.78 is 1.00. The second-order valence-corrected chi connectivity index (χ2v) is 4.78. The number of benzene rings is 1. The second-order valence-electron chi connectivity index (χ2n) is 3.18. The van der Waals surface area contributed by atoms with Crippen molar-refractivity contribution in [1.29, 1.82) is 0 Å². The molecule has 1 heterocycles. The topological polar surface area (TPSA) is 75.9 Å². The Labute approximate surface area is 117 Å². The average molecular weight is 362 g/mol. The molecule has 0 bridgehead atoms. The Morgan fingerprint density at radius 3 is 2.71 bits per heavy atom. The van der Waals surface area contributed by atoms with Gasteiger partial charge in [0.05, 0.1) is 18.1 Å². The van der Waals surface area contributed by atoms with Gasteiger partial charge in [0, 0.05) is 8.59 Å². The van der Waals surface area contributed by atoms with Crippen LogP contribution in [0.15, 0.2) is 30.6 Å². The van der Waals surface area contributed by atoms with Crippen molar-refractivity contribution in [2.45, 2.75) is 0 Å². The van der Waals surface area contributed by atoms with Gasteiger partial charge in [-0.3, -0.25) is 4.98 Å². The summed E-state index contributed by atoms with van der Waals surface area (Å²) in [4.78, 5) is 8.21. The van der Waals surface area contributed by atoms with Gasteiger partial charge in [0.15, 0.2) is 11.6 Å². The monoisotopic (exact) mass is 361 g/mol. The molecule has 2 rings (SSSR count). The molecule has 0 radical (unpaired) electrons. The number of rotatable bonds is 3. The fourth-order valence-corrected chi connectivity index (χ4v) is 2.23. The van der Waals surface area contributed by atoms with E-state index in [0.717, 1.165) is 9.26 Å². The highest BCUT2D eigenvalue weighted by atomic mass is 127. The number of hydrazine groups is 1. The molecule has 0 saturated heterocycles. The lowest BCUT2D eigenvalue weighted by Gasteiger charge is -2.08. The predicted octanol–water partition coefficient (Wildman–Crippen LogP) is 2.76. The molecule has 1 aromatic heterocycles. The third-order valence-electron chi connectivity index (χ3n) is 1.98. The molecule has 0 atom stereocenters. The van der Waals surface area contributed by atoms with Crippen LogP contribution in [-0.2, 0) is 0 Å². The Morgan fingerprint density at radius 1 is 1.24 bits per heavy atom. The van der Waals surface area contributed by atoms with E-state index in [9.17, 15) is 0 Å². The molecule has 1 aromatic carbocycles. The molecular formula is C10H9ClIN5. The zero-order valence-corrected chi connectivity index (χ0v) is 11.5. The van der Waals surface area contributed by atoms with E-state index in [2.05, 4.69) is 43.3 Å². The minimum absolute atomic E-state index is 0.499. The van der Waals surface area contributed by atoms with Gasteiger partial charge in [-0.05, 0) is 40.8 Å². The molecule has 0 aliphatic rings. The number of aromatic nitrogens is 2. The van der Waals surface area contributed by atoms with Crippen molar-refractivity contribution < 1.29 is 0 Å². The average Bonchev–Trinajstić information content (AvgIpc) is 2.33. The van der Waals surface area contributed by atoms with E-state index >= 15 is 0 Å². The highest BCUT2D eigenvalue weighted by Gasteiger charge is 2.03. The first-order valence-electron chi connectivity index (χ1n) is 4.70. The number of halogens is 2. The van der Waals surface area contributed by atoms with E-state index in [0.29, 0.717) is 16.7 Å². The van der Waals surface area contributed by atoms with E-state index in [4.69, 9.17) is 17.4 Å². The Hall–Kier alpha value is -1.12. The summed E-state index contributed by atoms with van der Waals surface area (Å²) in [6.45, 7) is 0. The van der Waals surface area contributed by atoms with Crippen molar-refractivity contribution in [3.05, 3.63) is 39.2 Å². The number of nitrogen functional groups attached to an aromatic ring is 1. The molecule has 17 heavy (non-hydrogen) atoms. The van der Waals surface area contributed by atoms with Crippen LogP contribution in [0.1, 0.15) is 0 Å². The molecule has 88 valence electrons. The second kappa shape index (κ2) is 5.48. The summed E-state index contributed by atoms with van der Waals surface area (Å²) in [5, 5.41) is 3.84. The number of anilines is 3. The highest BCUT2D eigenvalue weighted by Crippen LogP contribution is 2.24. The molecule has 5 nitrogen and oxygen atoms in total. The van der Waals surface area contributed by atoms with Gasteiger partial charge >= 0.3 is 0 Å². The molecule has 0 saturated carbocycles. The van der Waals surface area contributed by atoms with Crippen molar-refractivity contribution in [1.82, 2.24) is 9.97 Å². The zero-order chi connectivity index (χ0) is 12.3. The lowest BCUT2D eigenvalue weighted by Crippen LogP contribution is -2.09. The number of hydrogen-bond donors (Lipinski definition) is 3. The quantitative estimate of drug-likeness (QED) is 0.445. The summed E-state index contributed by atoms with van der Waals surface area (Å²) in [5.74, 6) is 6.37. The Morgan fingerprint density at radius 2 is 2.00 bits per heavy atom. The predicted molar refractivity (Wildman–Crippen MR) is 77.3 cm³/mol. The van der Waals surface area contributed by atoms with Crippen LogP contribution in [-0.4, -0.2) is 9.97 Å². The first-order chi connectivity index (χ1) is 8.19. The van der Waals surface area contributed by atoms with Crippen LogP contribution in [0.5, 0.6) is 0 Å². The van der Waals surface area contributed by atoms with Crippen molar-refractivity contribution in [3.8, 4) is 0 Å². The maximum absolute atomic E-state index is 5.88. The van der Waals surface area contributed by atoms with Crippen LogP contribution in [0.4, 0.5) is 17.3 Å². The number of nitrogens with one attached hydrogen (secondary N) is 2. The summed E-state index contributed by atoms with van der Waals surface area (Å²) in [5.41, 5.74) is 3.36. The van der Waals surface area contributed by atoms with Gasteiger partial charge in [-0.2, -0.15) is 0 Å². The van der Waals surface area contributed by atoms with E-state index in [1.54, 1.807) is 6.20 Å². The molecule has 0 unspecified atom stereocenters. The van der Waals surface area contributed by atoms with Gasteiger partial charge in [0.1, 0.15) is 0 Å². The molecule has 0 fully saturated rings. The van der Waals surface area contributed by atoms with Crippen LogP contribution in [0, 0.1) is 3.57 Å². The van der Waals surface area contributed by atoms with Crippen LogP contribution in [0.2, 0.25) is 5.02 Å². The zero-order valence-electron chi connectivity index (χ0n) is 8.61. The third kappa shape index (κ3) is 3.18. The van der Waals surface area contributed by atoms with Crippen LogP contribution in [0.3, 0.4) is 0 Å². The number of nitrogens with two attached hydrogens (primary N) is 1. The largest absolute Gasteiger partial charge is 0.338 e. The first kappa shape index (κ1) is 12.3. The summed E-state index contributed by atoms with van der Waals surface area (Å²) in [7, 11) is 0. The van der Waals surface area contributed by atoms with E-state index in [-0.39, 0.29) is 0 Å². The van der Waals surface area contributed by atoms with E-state index in [1.807, 2.05) is 18.2 Å². The minimum atomic E-state index is 0.499. The van der Waals surface area contributed by atoms with Crippen LogP contribution in [0.25, 0.3) is 0 Å². The lowest BCUT2D eigenvalue weighted by molar-refractivity contribution is 1.16. The molecule has 0 aliphatic carbocycles. The maximum Gasteiger partial charge on any atom is 0.160 e. The summed E-state index contributed by atoms with van der Waals surface area (Å²) >= 11 is 8.08. The maximum atomic E-state index is 5.88. The molecular weight excluding hydrogens is 353 g/mol. The van der Waals surface area contributed by atoms with Crippen LogP contribution >= 0.6 is 34.2 Å². The van der Waals surface area contributed by atoms with Crippen molar-refractivity contribution in [2.24, 2.45) is 5.84 Å². The molecule has 4 N–H and O–H groups in total. The molecule has 0 aliphatic heterocycles. The molecule has 7 heteroatoms. The Kier molecular flexibility index (Phi) is 3.97. The highest BCUT2D eigenvalue weighted by molar-refractivity contribution is 14.1. The summed E-state index contributed by atoms with van der Waals surface area (Å²) in [6.07, 6.45) is 3.16. The lowest BCUT2D eigenvalue weighted by atomic mass is 10.3.